The standard InChI is InChI=1S/C19H31N5O3/c1-4-7-20-18(26)23-8-5-19(6-9-23)12-17(25)24(10-11-27-19)14-16-13-21-22(3)15(16)2/h13H,4-12,14H2,1-3H3,(H,20,26). The monoisotopic (exact) mass is 377 g/mol. The van der Waals surface area contributed by atoms with Gasteiger partial charge in [-0.25, -0.2) is 4.79 Å². The number of carbonyl (C=O) groups is 2. The Bertz CT molecular complexity index is 679. The molecule has 8 heteroatoms. The molecule has 2 aliphatic rings. The zero-order valence-electron chi connectivity index (χ0n) is 16.7. The number of hydrogen-bond donors (Lipinski definition) is 1. The first-order valence-corrected chi connectivity index (χ1v) is 9.86. The van der Waals surface area contributed by atoms with Gasteiger partial charge in [0.2, 0.25) is 5.91 Å². The van der Waals surface area contributed by atoms with Gasteiger partial charge in [-0.05, 0) is 26.2 Å². The lowest BCUT2D eigenvalue weighted by atomic mass is 9.87. The van der Waals surface area contributed by atoms with Crippen molar-refractivity contribution in [1.82, 2.24) is 24.9 Å². The van der Waals surface area contributed by atoms with Crippen LogP contribution in [0.1, 0.15) is 43.9 Å². The highest BCUT2D eigenvalue weighted by molar-refractivity contribution is 5.78. The number of aryl methyl sites for hydroxylation is 1. The Morgan fingerprint density at radius 1 is 1.33 bits per heavy atom. The molecule has 1 aromatic heterocycles. The van der Waals surface area contributed by atoms with Crippen LogP contribution in [0.4, 0.5) is 4.79 Å². The summed E-state index contributed by atoms with van der Waals surface area (Å²) in [4.78, 5) is 28.7. The fraction of sp³-hybridized carbons (Fsp3) is 0.737. The van der Waals surface area contributed by atoms with Gasteiger partial charge in [0.1, 0.15) is 0 Å². The van der Waals surface area contributed by atoms with Crippen LogP contribution < -0.4 is 5.32 Å². The minimum absolute atomic E-state index is 0.0136. The van der Waals surface area contributed by atoms with Crippen molar-refractivity contribution in [2.45, 2.75) is 51.7 Å². The SMILES string of the molecule is CCCNC(=O)N1CCC2(CC1)CC(=O)N(Cc1cnn(C)c1C)CCO2. The average molecular weight is 377 g/mol. The quantitative estimate of drug-likeness (QED) is 0.861. The minimum Gasteiger partial charge on any atom is -0.372 e. The highest BCUT2D eigenvalue weighted by Gasteiger charge is 2.41. The summed E-state index contributed by atoms with van der Waals surface area (Å²) in [5.41, 5.74) is 1.72. The number of likely N-dealkylation sites (tertiary alicyclic amines) is 1. The van der Waals surface area contributed by atoms with Crippen LogP contribution in [0, 0.1) is 6.92 Å². The molecule has 0 aliphatic carbocycles. The average Bonchev–Trinajstić information content (AvgIpc) is 2.89. The molecule has 1 N–H and O–H groups in total. The van der Waals surface area contributed by atoms with E-state index in [1.165, 1.54) is 0 Å². The van der Waals surface area contributed by atoms with E-state index in [1.54, 1.807) is 0 Å². The Hall–Kier alpha value is -2.09. The first-order valence-electron chi connectivity index (χ1n) is 9.86. The first-order chi connectivity index (χ1) is 12.9. The maximum absolute atomic E-state index is 12.9. The van der Waals surface area contributed by atoms with Crippen molar-refractivity contribution < 1.29 is 14.3 Å². The fourth-order valence-electron chi connectivity index (χ4n) is 3.79. The minimum atomic E-state index is -0.433. The molecule has 0 unspecified atom stereocenters. The highest BCUT2D eigenvalue weighted by Crippen LogP contribution is 2.32. The number of nitrogens with one attached hydrogen (secondary N) is 1. The number of carbonyl (C=O) groups excluding carboxylic acids is 2. The predicted octanol–water partition coefficient (Wildman–Crippen LogP) is 1.43. The fourth-order valence-corrected chi connectivity index (χ4v) is 3.79. The molecular weight excluding hydrogens is 346 g/mol. The molecule has 8 nitrogen and oxygen atoms in total. The van der Waals surface area contributed by atoms with Crippen LogP contribution in [0.15, 0.2) is 6.20 Å². The van der Waals surface area contributed by atoms with Crippen molar-refractivity contribution in [3.8, 4) is 0 Å². The van der Waals surface area contributed by atoms with E-state index in [2.05, 4.69) is 10.4 Å². The lowest BCUT2D eigenvalue weighted by Crippen LogP contribution is -2.51. The number of hydrogen-bond acceptors (Lipinski definition) is 4. The summed E-state index contributed by atoms with van der Waals surface area (Å²) in [6, 6.07) is -0.0136. The molecular formula is C19H31N5O3. The molecule has 3 amide bonds. The van der Waals surface area contributed by atoms with E-state index in [9.17, 15) is 9.59 Å². The van der Waals surface area contributed by atoms with Crippen molar-refractivity contribution in [2.24, 2.45) is 7.05 Å². The zero-order chi connectivity index (χ0) is 19.4. The Morgan fingerprint density at radius 2 is 2.07 bits per heavy atom. The van der Waals surface area contributed by atoms with Crippen LogP contribution >= 0.6 is 0 Å². The second-order valence-electron chi connectivity index (χ2n) is 7.62. The van der Waals surface area contributed by atoms with Gasteiger partial charge in [0.15, 0.2) is 0 Å². The van der Waals surface area contributed by atoms with Gasteiger partial charge >= 0.3 is 6.03 Å². The molecule has 0 aromatic carbocycles. The Morgan fingerprint density at radius 3 is 2.70 bits per heavy atom. The largest absolute Gasteiger partial charge is 0.372 e. The third-order valence-electron chi connectivity index (χ3n) is 5.78. The molecule has 3 heterocycles. The Labute approximate surface area is 160 Å². The molecule has 0 radical (unpaired) electrons. The van der Waals surface area contributed by atoms with Crippen molar-refractivity contribution in [3.63, 3.8) is 0 Å². The van der Waals surface area contributed by atoms with Gasteiger partial charge in [-0.1, -0.05) is 6.92 Å². The van der Waals surface area contributed by atoms with Crippen LogP contribution in [0.25, 0.3) is 0 Å². The van der Waals surface area contributed by atoms with Crippen molar-refractivity contribution >= 4 is 11.9 Å². The molecule has 2 saturated heterocycles. The molecule has 0 saturated carbocycles. The maximum atomic E-state index is 12.9. The van der Waals surface area contributed by atoms with Crippen LogP contribution in [0.5, 0.6) is 0 Å². The normalized spacial score (nSPS) is 20.0. The van der Waals surface area contributed by atoms with E-state index in [4.69, 9.17) is 4.74 Å². The van der Waals surface area contributed by atoms with Crippen LogP contribution in [0.2, 0.25) is 0 Å². The number of urea groups is 1. The Kier molecular flexibility index (Phi) is 6.04. The van der Waals surface area contributed by atoms with Crippen molar-refractivity contribution in [1.29, 1.82) is 0 Å². The first kappa shape index (κ1) is 19.7. The van der Waals surface area contributed by atoms with Gasteiger partial charge in [-0.15, -0.1) is 0 Å². The smallest absolute Gasteiger partial charge is 0.317 e. The van der Waals surface area contributed by atoms with Crippen LogP contribution in [-0.2, 0) is 23.1 Å². The highest BCUT2D eigenvalue weighted by atomic mass is 16.5. The number of ether oxygens (including phenoxy) is 1. The zero-order valence-corrected chi connectivity index (χ0v) is 16.7. The summed E-state index contributed by atoms with van der Waals surface area (Å²) in [5.74, 6) is 0.125. The molecule has 3 rings (SSSR count). The van der Waals surface area contributed by atoms with E-state index in [-0.39, 0.29) is 11.9 Å². The van der Waals surface area contributed by atoms with Gasteiger partial charge in [0.25, 0.3) is 0 Å². The lowest BCUT2D eigenvalue weighted by molar-refractivity contribution is -0.135. The molecule has 0 bridgehead atoms. The summed E-state index contributed by atoms with van der Waals surface area (Å²) < 4.78 is 8.00. The number of rotatable bonds is 4. The molecule has 1 aromatic rings. The number of aromatic nitrogens is 2. The number of amides is 3. The Balaban J connectivity index is 1.58. The van der Waals surface area contributed by atoms with E-state index in [0.717, 1.165) is 17.7 Å². The molecule has 2 aliphatic heterocycles. The maximum Gasteiger partial charge on any atom is 0.317 e. The summed E-state index contributed by atoms with van der Waals surface area (Å²) >= 11 is 0. The third-order valence-corrected chi connectivity index (χ3v) is 5.78. The van der Waals surface area contributed by atoms with E-state index in [1.807, 2.05) is 41.6 Å². The van der Waals surface area contributed by atoms with Crippen LogP contribution in [-0.4, -0.2) is 69.9 Å². The second-order valence-corrected chi connectivity index (χ2v) is 7.62. The van der Waals surface area contributed by atoms with E-state index < -0.39 is 5.60 Å². The summed E-state index contributed by atoms with van der Waals surface area (Å²) in [5, 5.41) is 7.18. The molecule has 0 atom stereocenters. The van der Waals surface area contributed by atoms with Crippen LogP contribution in [0.3, 0.4) is 0 Å². The van der Waals surface area contributed by atoms with E-state index >= 15 is 0 Å². The number of nitrogens with zero attached hydrogens (tertiary/aromatic N) is 4. The van der Waals surface area contributed by atoms with Crippen molar-refractivity contribution in [3.05, 3.63) is 17.5 Å². The van der Waals surface area contributed by atoms with Gasteiger partial charge < -0.3 is 19.9 Å². The summed E-state index contributed by atoms with van der Waals surface area (Å²) in [6.07, 6.45) is 4.55. The van der Waals surface area contributed by atoms with Crippen molar-refractivity contribution in [2.75, 3.05) is 32.8 Å². The molecule has 27 heavy (non-hydrogen) atoms. The second kappa shape index (κ2) is 8.29. The van der Waals surface area contributed by atoms with E-state index in [0.29, 0.717) is 58.6 Å². The topological polar surface area (TPSA) is 79.7 Å². The predicted molar refractivity (Wildman–Crippen MR) is 101 cm³/mol. The van der Waals surface area contributed by atoms with Gasteiger partial charge in [-0.3, -0.25) is 9.48 Å². The van der Waals surface area contributed by atoms with Gasteiger partial charge in [0.05, 0.1) is 24.8 Å². The summed E-state index contributed by atoms with van der Waals surface area (Å²) in [6.45, 7) is 7.70. The summed E-state index contributed by atoms with van der Waals surface area (Å²) in [7, 11) is 1.91. The number of piperidine rings is 1. The molecule has 2 fully saturated rings. The van der Waals surface area contributed by atoms with Gasteiger partial charge in [-0.2, -0.15) is 5.10 Å². The molecule has 1 spiro atoms. The lowest BCUT2D eigenvalue weighted by Gasteiger charge is -2.40. The third kappa shape index (κ3) is 4.43. The van der Waals surface area contributed by atoms with Gasteiger partial charge in [0, 0.05) is 51.0 Å². The molecule has 150 valence electrons.